The van der Waals surface area contributed by atoms with Gasteiger partial charge in [-0.05, 0) is 18.1 Å². The van der Waals surface area contributed by atoms with Gasteiger partial charge in [0.05, 0.1) is 17.8 Å². The van der Waals surface area contributed by atoms with E-state index in [2.05, 4.69) is 21.4 Å². The van der Waals surface area contributed by atoms with Gasteiger partial charge in [0, 0.05) is 25.9 Å². The van der Waals surface area contributed by atoms with Crippen molar-refractivity contribution in [1.29, 1.82) is 0 Å². The molecule has 29 heavy (non-hydrogen) atoms. The lowest BCUT2D eigenvalue weighted by atomic mass is 10.1. The number of benzene rings is 2. The van der Waals surface area contributed by atoms with Crippen LogP contribution in [-0.4, -0.2) is 27.4 Å². The lowest BCUT2D eigenvalue weighted by Crippen LogP contribution is -2.44. The Morgan fingerprint density at radius 1 is 1.14 bits per heavy atom. The molecular formula is C23H24N4O2. The lowest BCUT2D eigenvalue weighted by Gasteiger charge is -2.28. The molecule has 6 nitrogen and oxygen atoms in total. The van der Waals surface area contributed by atoms with Gasteiger partial charge in [-0.3, -0.25) is 4.79 Å². The number of rotatable bonds is 4. The second kappa shape index (κ2) is 8.31. The molecule has 0 atom stereocenters. The standard InChI is InChI=1S/C23H24N4O2/c1-16-6-5-9-18(12-16)13-21-25-20-10-11-27(15-19(20)22(28)26-21)23(29)24-14-17-7-3-2-4-8-17/h2-9,12H,10-11,13-15H2,1H3,(H,24,29)(H,25,26,28). The molecule has 0 unspecified atom stereocenters. The maximum absolute atomic E-state index is 12.6. The molecule has 0 bridgehead atoms. The van der Waals surface area contributed by atoms with E-state index in [1.807, 2.05) is 55.5 Å². The fourth-order valence-corrected chi connectivity index (χ4v) is 3.63. The fraction of sp³-hybridized carbons (Fsp3) is 0.261. The highest BCUT2D eigenvalue weighted by molar-refractivity contribution is 5.74. The summed E-state index contributed by atoms with van der Waals surface area (Å²) < 4.78 is 0. The first-order valence-corrected chi connectivity index (χ1v) is 9.81. The summed E-state index contributed by atoms with van der Waals surface area (Å²) >= 11 is 0. The van der Waals surface area contributed by atoms with Crippen LogP contribution in [-0.2, 0) is 25.9 Å². The van der Waals surface area contributed by atoms with Crippen LogP contribution in [0.1, 0.15) is 33.8 Å². The van der Waals surface area contributed by atoms with E-state index in [-0.39, 0.29) is 18.1 Å². The van der Waals surface area contributed by atoms with Crippen molar-refractivity contribution in [3.8, 4) is 0 Å². The molecule has 1 aliphatic rings. The Morgan fingerprint density at radius 2 is 1.93 bits per heavy atom. The van der Waals surface area contributed by atoms with Crippen molar-refractivity contribution in [2.24, 2.45) is 0 Å². The van der Waals surface area contributed by atoms with Gasteiger partial charge in [0.15, 0.2) is 0 Å². The van der Waals surface area contributed by atoms with Gasteiger partial charge in [0.2, 0.25) is 0 Å². The average Bonchev–Trinajstić information content (AvgIpc) is 2.72. The largest absolute Gasteiger partial charge is 0.334 e. The molecule has 2 N–H and O–H groups in total. The zero-order chi connectivity index (χ0) is 20.2. The van der Waals surface area contributed by atoms with E-state index in [1.54, 1.807) is 4.90 Å². The Morgan fingerprint density at radius 3 is 2.72 bits per heavy atom. The Hall–Kier alpha value is -3.41. The van der Waals surface area contributed by atoms with Crippen molar-refractivity contribution >= 4 is 6.03 Å². The number of hydrogen-bond donors (Lipinski definition) is 2. The molecule has 6 heteroatoms. The first-order valence-electron chi connectivity index (χ1n) is 9.81. The minimum Gasteiger partial charge on any atom is -0.334 e. The maximum Gasteiger partial charge on any atom is 0.317 e. The molecule has 2 heterocycles. The number of hydrogen-bond acceptors (Lipinski definition) is 3. The van der Waals surface area contributed by atoms with E-state index in [0.29, 0.717) is 37.3 Å². The third-order valence-corrected chi connectivity index (χ3v) is 5.15. The first-order chi connectivity index (χ1) is 14.1. The number of H-pyrrole nitrogens is 1. The van der Waals surface area contributed by atoms with Crippen LogP contribution >= 0.6 is 0 Å². The van der Waals surface area contributed by atoms with Crippen LogP contribution in [0.4, 0.5) is 4.79 Å². The van der Waals surface area contributed by atoms with E-state index in [4.69, 9.17) is 0 Å². The molecule has 0 saturated heterocycles. The normalized spacial score (nSPS) is 13.1. The molecule has 148 valence electrons. The molecule has 3 aromatic rings. The van der Waals surface area contributed by atoms with Crippen LogP contribution in [0, 0.1) is 6.92 Å². The molecule has 2 aromatic carbocycles. The van der Waals surface area contributed by atoms with Crippen LogP contribution in [0.25, 0.3) is 0 Å². The molecule has 1 aliphatic heterocycles. The second-order valence-electron chi connectivity index (χ2n) is 7.42. The molecule has 2 amide bonds. The number of nitrogens with zero attached hydrogens (tertiary/aromatic N) is 2. The molecule has 1 aromatic heterocycles. The number of fused-ring (bicyclic) bond motifs is 1. The number of aromatic amines is 1. The van der Waals surface area contributed by atoms with Crippen LogP contribution in [0.3, 0.4) is 0 Å². The first kappa shape index (κ1) is 18.9. The number of carbonyl (C=O) groups is 1. The second-order valence-corrected chi connectivity index (χ2v) is 7.42. The van der Waals surface area contributed by atoms with Crippen molar-refractivity contribution < 1.29 is 4.79 Å². The number of urea groups is 1. The number of aromatic nitrogens is 2. The van der Waals surface area contributed by atoms with E-state index in [1.165, 1.54) is 5.56 Å². The van der Waals surface area contributed by atoms with Gasteiger partial charge in [0.25, 0.3) is 5.56 Å². The van der Waals surface area contributed by atoms with Crippen molar-refractivity contribution in [2.75, 3.05) is 6.54 Å². The Kier molecular flexibility index (Phi) is 5.42. The summed E-state index contributed by atoms with van der Waals surface area (Å²) in [5.41, 5.74) is 4.56. The summed E-state index contributed by atoms with van der Waals surface area (Å²) in [5.74, 6) is 0.668. The summed E-state index contributed by atoms with van der Waals surface area (Å²) in [4.78, 5) is 34.4. The Labute approximate surface area is 169 Å². The quantitative estimate of drug-likeness (QED) is 0.721. The summed E-state index contributed by atoms with van der Waals surface area (Å²) in [6.45, 7) is 3.34. The highest BCUT2D eigenvalue weighted by atomic mass is 16.2. The van der Waals surface area contributed by atoms with Gasteiger partial charge >= 0.3 is 6.03 Å². The molecular weight excluding hydrogens is 364 g/mol. The maximum atomic E-state index is 12.6. The van der Waals surface area contributed by atoms with E-state index in [0.717, 1.165) is 16.8 Å². The zero-order valence-electron chi connectivity index (χ0n) is 16.4. The van der Waals surface area contributed by atoms with Crippen LogP contribution in [0.2, 0.25) is 0 Å². The number of aryl methyl sites for hydroxylation is 1. The molecule has 0 fully saturated rings. The van der Waals surface area contributed by atoms with Gasteiger partial charge in [-0.25, -0.2) is 9.78 Å². The molecule has 4 rings (SSSR count). The molecule has 0 saturated carbocycles. The van der Waals surface area contributed by atoms with E-state index in [9.17, 15) is 9.59 Å². The van der Waals surface area contributed by atoms with Crippen molar-refractivity contribution in [3.63, 3.8) is 0 Å². The number of nitrogens with one attached hydrogen (secondary N) is 2. The molecule has 0 radical (unpaired) electrons. The van der Waals surface area contributed by atoms with Crippen LogP contribution < -0.4 is 10.9 Å². The van der Waals surface area contributed by atoms with E-state index < -0.39 is 0 Å². The summed E-state index contributed by atoms with van der Waals surface area (Å²) in [7, 11) is 0. The van der Waals surface area contributed by atoms with Gasteiger partial charge in [-0.15, -0.1) is 0 Å². The summed E-state index contributed by atoms with van der Waals surface area (Å²) in [6.07, 6.45) is 1.17. The van der Waals surface area contributed by atoms with Gasteiger partial charge < -0.3 is 15.2 Å². The summed E-state index contributed by atoms with van der Waals surface area (Å²) in [5, 5.41) is 2.92. The minimum atomic E-state index is -0.164. The van der Waals surface area contributed by atoms with Gasteiger partial charge in [-0.2, -0.15) is 0 Å². The smallest absolute Gasteiger partial charge is 0.317 e. The third kappa shape index (κ3) is 4.54. The zero-order valence-corrected chi connectivity index (χ0v) is 16.4. The van der Waals surface area contributed by atoms with Crippen LogP contribution in [0.5, 0.6) is 0 Å². The predicted octanol–water partition coefficient (Wildman–Crippen LogP) is 2.94. The topological polar surface area (TPSA) is 78.1 Å². The SMILES string of the molecule is Cc1cccc(Cc2nc3c(c(=O)[nH]2)CN(C(=O)NCc2ccccc2)CC3)c1. The van der Waals surface area contributed by atoms with Crippen LogP contribution in [0.15, 0.2) is 59.4 Å². The number of carbonyl (C=O) groups excluding carboxylic acids is 1. The molecule has 0 spiro atoms. The monoisotopic (exact) mass is 388 g/mol. The predicted molar refractivity (Wildman–Crippen MR) is 112 cm³/mol. The average molecular weight is 388 g/mol. The summed E-state index contributed by atoms with van der Waals surface area (Å²) in [6, 6.07) is 17.8. The van der Waals surface area contributed by atoms with Crippen molar-refractivity contribution in [2.45, 2.75) is 32.9 Å². The van der Waals surface area contributed by atoms with E-state index >= 15 is 0 Å². The van der Waals surface area contributed by atoms with Crippen molar-refractivity contribution in [1.82, 2.24) is 20.2 Å². The highest BCUT2D eigenvalue weighted by Gasteiger charge is 2.24. The Bertz CT molecular complexity index is 1080. The van der Waals surface area contributed by atoms with Gasteiger partial charge in [-0.1, -0.05) is 60.2 Å². The fourth-order valence-electron chi connectivity index (χ4n) is 3.63. The third-order valence-electron chi connectivity index (χ3n) is 5.15. The molecule has 0 aliphatic carbocycles. The Balaban J connectivity index is 1.44. The number of amides is 2. The van der Waals surface area contributed by atoms with Gasteiger partial charge in [0.1, 0.15) is 5.82 Å². The minimum absolute atomic E-state index is 0.154. The highest BCUT2D eigenvalue weighted by Crippen LogP contribution is 2.15. The lowest BCUT2D eigenvalue weighted by molar-refractivity contribution is 0.191. The van der Waals surface area contributed by atoms with Crippen molar-refractivity contribution in [3.05, 3.63) is 98.7 Å².